The second kappa shape index (κ2) is 5.81. The molecule has 0 aliphatic carbocycles. The second-order valence-electron chi connectivity index (χ2n) is 4.89. The van der Waals surface area contributed by atoms with Gasteiger partial charge in [0.05, 0.1) is 7.11 Å². The van der Waals surface area contributed by atoms with E-state index in [1.165, 1.54) is 0 Å². The minimum Gasteiger partial charge on any atom is -0.497 e. The minimum atomic E-state index is -0.878. The van der Waals surface area contributed by atoms with Crippen LogP contribution in [0.4, 0.5) is 4.79 Å². The Morgan fingerprint density at radius 2 is 2.10 bits per heavy atom. The summed E-state index contributed by atoms with van der Waals surface area (Å²) in [6.07, 6.45) is -0.0379. The van der Waals surface area contributed by atoms with Crippen molar-refractivity contribution in [1.29, 1.82) is 0 Å². The van der Waals surface area contributed by atoms with Gasteiger partial charge in [0, 0.05) is 6.54 Å². The smallest absolute Gasteiger partial charge is 0.408 e. The number of hydrogen-bond acceptors (Lipinski definition) is 4. The molecule has 1 aliphatic heterocycles. The van der Waals surface area contributed by atoms with Gasteiger partial charge in [0.1, 0.15) is 17.9 Å². The number of amides is 2. The average Bonchev–Trinajstić information content (AvgIpc) is 2.76. The fraction of sp³-hybridized carbons (Fsp3) is 0.429. The van der Waals surface area contributed by atoms with Gasteiger partial charge in [0.25, 0.3) is 0 Å². The summed E-state index contributed by atoms with van der Waals surface area (Å²) in [4.78, 5) is 23.3. The summed E-state index contributed by atoms with van der Waals surface area (Å²) in [5.41, 5.74) is -0.0289. The summed E-state index contributed by atoms with van der Waals surface area (Å²) < 4.78 is 10.2. The van der Waals surface area contributed by atoms with E-state index in [1.807, 2.05) is 12.1 Å². The molecule has 2 rings (SSSR count). The highest BCUT2D eigenvalue weighted by Crippen LogP contribution is 2.16. The van der Waals surface area contributed by atoms with E-state index < -0.39 is 11.6 Å². The molecule has 1 aromatic carbocycles. The predicted molar refractivity (Wildman–Crippen MR) is 72.3 cm³/mol. The van der Waals surface area contributed by atoms with Gasteiger partial charge in [-0.3, -0.25) is 4.79 Å². The zero-order valence-electron chi connectivity index (χ0n) is 11.6. The SMILES string of the molecule is COc1ccc(COC(=O)N[C@@]2(C)CCNC2=O)cc1. The monoisotopic (exact) mass is 278 g/mol. The lowest BCUT2D eigenvalue weighted by Crippen LogP contribution is -2.51. The van der Waals surface area contributed by atoms with Crippen molar-refractivity contribution in [1.82, 2.24) is 10.6 Å². The average molecular weight is 278 g/mol. The molecule has 0 spiro atoms. The van der Waals surface area contributed by atoms with E-state index in [9.17, 15) is 9.59 Å². The molecular formula is C14H18N2O4. The Morgan fingerprint density at radius 1 is 1.40 bits per heavy atom. The highest BCUT2D eigenvalue weighted by molar-refractivity contribution is 5.91. The Balaban J connectivity index is 1.84. The van der Waals surface area contributed by atoms with E-state index in [0.717, 1.165) is 11.3 Å². The Morgan fingerprint density at radius 3 is 2.65 bits per heavy atom. The van der Waals surface area contributed by atoms with E-state index in [2.05, 4.69) is 10.6 Å². The number of methoxy groups -OCH3 is 1. The van der Waals surface area contributed by atoms with Gasteiger partial charge < -0.3 is 20.1 Å². The number of carbonyl (C=O) groups is 2. The number of hydrogen-bond donors (Lipinski definition) is 2. The molecule has 2 amide bonds. The molecule has 1 aromatic rings. The van der Waals surface area contributed by atoms with Gasteiger partial charge in [-0.05, 0) is 31.0 Å². The number of carbonyl (C=O) groups excluding carboxylic acids is 2. The number of ether oxygens (including phenoxy) is 2. The lowest BCUT2D eigenvalue weighted by molar-refractivity contribution is -0.124. The maximum absolute atomic E-state index is 11.7. The van der Waals surface area contributed by atoms with Gasteiger partial charge in [-0.15, -0.1) is 0 Å². The van der Waals surface area contributed by atoms with Crippen LogP contribution in [0.2, 0.25) is 0 Å². The van der Waals surface area contributed by atoms with Crippen LogP contribution >= 0.6 is 0 Å². The fourth-order valence-corrected chi connectivity index (χ4v) is 1.99. The third-order valence-electron chi connectivity index (χ3n) is 3.32. The maximum atomic E-state index is 11.7. The summed E-state index contributed by atoms with van der Waals surface area (Å²) in [6, 6.07) is 7.22. The van der Waals surface area contributed by atoms with Crippen molar-refractivity contribution in [2.45, 2.75) is 25.5 Å². The molecule has 20 heavy (non-hydrogen) atoms. The normalized spacial score (nSPS) is 21.2. The van der Waals surface area contributed by atoms with Crippen molar-refractivity contribution < 1.29 is 19.1 Å². The molecule has 0 saturated carbocycles. The van der Waals surface area contributed by atoms with E-state index in [1.54, 1.807) is 26.2 Å². The van der Waals surface area contributed by atoms with Crippen molar-refractivity contribution in [3.8, 4) is 5.75 Å². The van der Waals surface area contributed by atoms with Crippen LogP contribution in [0.15, 0.2) is 24.3 Å². The van der Waals surface area contributed by atoms with Crippen LogP contribution in [-0.4, -0.2) is 31.2 Å². The molecule has 0 bridgehead atoms. The summed E-state index contributed by atoms with van der Waals surface area (Å²) in [5, 5.41) is 5.28. The third-order valence-corrected chi connectivity index (χ3v) is 3.32. The molecule has 0 aromatic heterocycles. The van der Waals surface area contributed by atoms with Gasteiger partial charge in [0.15, 0.2) is 0 Å². The first-order valence-electron chi connectivity index (χ1n) is 6.40. The largest absolute Gasteiger partial charge is 0.497 e. The van der Waals surface area contributed by atoms with Crippen LogP contribution in [0.3, 0.4) is 0 Å². The first-order chi connectivity index (χ1) is 9.53. The Kier molecular flexibility index (Phi) is 4.12. The van der Waals surface area contributed by atoms with E-state index in [0.29, 0.717) is 13.0 Å². The topological polar surface area (TPSA) is 76.7 Å². The molecular weight excluding hydrogens is 260 g/mol. The zero-order valence-corrected chi connectivity index (χ0v) is 11.6. The number of rotatable bonds is 4. The van der Waals surface area contributed by atoms with Crippen LogP contribution in [0.5, 0.6) is 5.75 Å². The van der Waals surface area contributed by atoms with Gasteiger partial charge >= 0.3 is 6.09 Å². The van der Waals surface area contributed by atoms with Gasteiger partial charge in [0.2, 0.25) is 5.91 Å². The predicted octanol–water partition coefficient (Wildman–Crippen LogP) is 1.20. The number of benzene rings is 1. The fourth-order valence-electron chi connectivity index (χ4n) is 1.99. The molecule has 6 nitrogen and oxygen atoms in total. The quantitative estimate of drug-likeness (QED) is 0.867. The summed E-state index contributed by atoms with van der Waals surface area (Å²) in [7, 11) is 1.59. The molecule has 108 valence electrons. The first-order valence-corrected chi connectivity index (χ1v) is 6.40. The highest BCUT2D eigenvalue weighted by Gasteiger charge is 2.39. The second-order valence-corrected chi connectivity index (χ2v) is 4.89. The molecule has 1 fully saturated rings. The molecule has 0 unspecified atom stereocenters. The summed E-state index contributed by atoms with van der Waals surface area (Å²) in [6.45, 7) is 2.39. The van der Waals surface area contributed by atoms with Crippen LogP contribution in [0, 0.1) is 0 Å². The van der Waals surface area contributed by atoms with Crippen LogP contribution in [-0.2, 0) is 16.1 Å². The third kappa shape index (κ3) is 3.20. The van der Waals surface area contributed by atoms with Crippen molar-refractivity contribution >= 4 is 12.0 Å². The minimum absolute atomic E-state index is 0.146. The van der Waals surface area contributed by atoms with Crippen molar-refractivity contribution in [3.63, 3.8) is 0 Å². The molecule has 1 saturated heterocycles. The Hall–Kier alpha value is -2.24. The lowest BCUT2D eigenvalue weighted by Gasteiger charge is -2.21. The van der Waals surface area contributed by atoms with Crippen LogP contribution in [0.25, 0.3) is 0 Å². The van der Waals surface area contributed by atoms with E-state index in [-0.39, 0.29) is 12.5 Å². The number of nitrogens with one attached hydrogen (secondary N) is 2. The van der Waals surface area contributed by atoms with Gasteiger partial charge in [-0.1, -0.05) is 12.1 Å². The molecule has 1 aliphatic rings. The molecule has 1 heterocycles. The molecule has 0 radical (unpaired) electrons. The Labute approximate surface area is 117 Å². The van der Waals surface area contributed by atoms with Crippen LogP contribution < -0.4 is 15.4 Å². The van der Waals surface area contributed by atoms with E-state index >= 15 is 0 Å². The van der Waals surface area contributed by atoms with Crippen LogP contribution in [0.1, 0.15) is 18.9 Å². The van der Waals surface area contributed by atoms with E-state index in [4.69, 9.17) is 9.47 Å². The summed E-state index contributed by atoms with van der Waals surface area (Å²) >= 11 is 0. The van der Waals surface area contributed by atoms with Gasteiger partial charge in [-0.2, -0.15) is 0 Å². The lowest BCUT2D eigenvalue weighted by atomic mass is 10.0. The van der Waals surface area contributed by atoms with Gasteiger partial charge in [-0.25, -0.2) is 4.79 Å². The first kappa shape index (κ1) is 14.2. The standard InChI is InChI=1S/C14H18N2O4/c1-14(7-8-15-12(14)17)16-13(18)20-9-10-3-5-11(19-2)6-4-10/h3-6H,7-9H2,1-2H3,(H,15,17)(H,16,18)/t14-/m0/s1. The van der Waals surface area contributed by atoms with Crippen molar-refractivity contribution in [2.75, 3.05) is 13.7 Å². The van der Waals surface area contributed by atoms with Crippen molar-refractivity contribution in [2.24, 2.45) is 0 Å². The highest BCUT2D eigenvalue weighted by atomic mass is 16.5. The molecule has 6 heteroatoms. The Bertz CT molecular complexity index is 500. The summed E-state index contributed by atoms with van der Waals surface area (Å²) in [5.74, 6) is 0.562. The zero-order chi connectivity index (χ0) is 14.6. The number of alkyl carbamates (subject to hydrolysis) is 1. The van der Waals surface area contributed by atoms with Crippen molar-refractivity contribution in [3.05, 3.63) is 29.8 Å². The molecule has 1 atom stereocenters. The maximum Gasteiger partial charge on any atom is 0.408 e. The molecule has 2 N–H and O–H groups in total.